The standard InChI is InChI=1S/C8H22N2O2Si/c1-8(4-5-9)6-13(3,11-2)12-7-10/h8H,4-7,9-10H2,1-3H3. The minimum Gasteiger partial charge on any atom is -0.398 e. The molecule has 5 heteroatoms. The summed E-state index contributed by atoms with van der Waals surface area (Å²) in [5, 5.41) is 0. The lowest BCUT2D eigenvalue weighted by atomic mass is 10.1. The lowest BCUT2D eigenvalue weighted by molar-refractivity contribution is 0.204. The van der Waals surface area contributed by atoms with E-state index in [1.165, 1.54) is 0 Å². The first-order chi connectivity index (χ1) is 6.08. The van der Waals surface area contributed by atoms with Crippen molar-refractivity contribution in [3.8, 4) is 0 Å². The third-order valence-electron chi connectivity index (χ3n) is 2.20. The zero-order chi connectivity index (χ0) is 10.3. The molecule has 0 bridgehead atoms. The fraction of sp³-hybridized carbons (Fsp3) is 1.00. The zero-order valence-electron chi connectivity index (χ0n) is 8.88. The van der Waals surface area contributed by atoms with Crippen LogP contribution in [0.3, 0.4) is 0 Å². The summed E-state index contributed by atoms with van der Waals surface area (Å²) in [6.07, 6.45) is 1.01. The third-order valence-corrected chi connectivity index (χ3v) is 5.28. The molecule has 0 aromatic carbocycles. The van der Waals surface area contributed by atoms with E-state index in [2.05, 4.69) is 6.92 Å². The van der Waals surface area contributed by atoms with Crippen molar-refractivity contribution in [1.29, 1.82) is 0 Å². The summed E-state index contributed by atoms with van der Waals surface area (Å²) in [6, 6.07) is 0.956. The first-order valence-corrected chi connectivity index (χ1v) is 7.19. The van der Waals surface area contributed by atoms with Gasteiger partial charge >= 0.3 is 8.56 Å². The van der Waals surface area contributed by atoms with E-state index >= 15 is 0 Å². The van der Waals surface area contributed by atoms with Gasteiger partial charge in [0.2, 0.25) is 0 Å². The molecule has 0 saturated heterocycles. The molecule has 0 fully saturated rings. The van der Waals surface area contributed by atoms with Crippen LogP contribution < -0.4 is 11.5 Å². The van der Waals surface area contributed by atoms with Gasteiger partial charge in [-0.2, -0.15) is 0 Å². The summed E-state index contributed by atoms with van der Waals surface area (Å²) >= 11 is 0. The first-order valence-electron chi connectivity index (χ1n) is 4.67. The fourth-order valence-electron chi connectivity index (χ4n) is 1.40. The highest BCUT2D eigenvalue weighted by molar-refractivity contribution is 6.66. The average Bonchev–Trinajstić information content (AvgIpc) is 2.05. The van der Waals surface area contributed by atoms with Crippen molar-refractivity contribution in [3.05, 3.63) is 0 Å². The maximum atomic E-state index is 5.47. The van der Waals surface area contributed by atoms with Crippen molar-refractivity contribution in [2.75, 3.05) is 20.4 Å². The van der Waals surface area contributed by atoms with E-state index in [4.69, 9.17) is 20.3 Å². The Balaban J connectivity index is 3.93. The molecule has 0 aliphatic rings. The Kier molecular flexibility index (Phi) is 6.53. The van der Waals surface area contributed by atoms with E-state index < -0.39 is 8.56 Å². The van der Waals surface area contributed by atoms with E-state index in [0.717, 1.165) is 19.0 Å². The Bertz CT molecular complexity index is 137. The Morgan fingerprint density at radius 2 is 2.00 bits per heavy atom. The van der Waals surface area contributed by atoms with E-state index in [9.17, 15) is 0 Å². The molecule has 0 spiro atoms. The monoisotopic (exact) mass is 206 g/mol. The van der Waals surface area contributed by atoms with E-state index in [-0.39, 0.29) is 6.73 Å². The molecule has 0 amide bonds. The topological polar surface area (TPSA) is 70.5 Å². The molecule has 0 aliphatic heterocycles. The highest BCUT2D eigenvalue weighted by Gasteiger charge is 2.31. The van der Waals surface area contributed by atoms with Crippen LogP contribution in [0, 0.1) is 5.92 Å². The van der Waals surface area contributed by atoms with Crippen molar-refractivity contribution >= 4 is 8.56 Å². The molecule has 0 aliphatic carbocycles. The Hall–Kier alpha value is 0.0569. The summed E-state index contributed by atoms with van der Waals surface area (Å²) in [4.78, 5) is 0. The van der Waals surface area contributed by atoms with Crippen LogP contribution in [0.1, 0.15) is 13.3 Å². The molecular formula is C8H22N2O2Si. The summed E-state index contributed by atoms with van der Waals surface area (Å²) in [6.45, 7) is 5.16. The van der Waals surface area contributed by atoms with Gasteiger partial charge in [0, 0.05) is 7.11 Å². The van der Waals surface area contributed by atoms with Gasteiger partial charge in [0.05, 0.1) is 6.73 Å². The summed E-state index contributed by atoms with van der Waals surface area (Å²) in [5.41, 5.74) is 10.8. The van der Waals surface area contributed by atoms with Crippen LogP contribution in [0.25, 0.3) is 0 Å². The van der Waals surface area contributed by atoms with Gasteiger partial charge in [0.1, 0.15) is 0 Å². The second-order valence-electron chi connectivity index (χ2n) is 3.54. The number of nitrogens with two attached hydrogens (primary N) is 2. The zero-order valence-corrected chi connectivity index (χ0v) is 9.88. The van der Waals surface area contributed by atoms with E-state index in [1.54, 1.807) is 7.11 Å². The summed E-state index contributed by atoms with van der Waals surface area (Å²) in [5.74, 6) is 0.549. The molecular weight excluding hydrogens is 184 g/mol. The van der Waals surface area contributed by atoms with Crippen LogP contribution in [-0.2, 0) is 8.85 Å². The Morgan fingerprint density at radius 1 is 1.38 bits per heavy atom. The van der Waals surface area contributed by atoms with Crippen molar-refractivity contribution < 1.29 is 8.85 Å². The largest absolute Gasteiger partial charge is 0.398 e. The lowest BCUT2D eigenvalue weighted by Gasteiger charge is -2.26. The van der Waals surface area contributed by atoms with Crippen LogP contribution in [0.5, 0.6) is 0 Å². The maximum Gasteiger partial charge on any atom is 0.335 e. The molecule has 0 radical (unpaired) electrons. The van der Waals surface area contributed by atoms with Crippen molar-refractivity contribution in [2.45, 2.75) is 25.9 Å². The van der Waals surface area contributed by atoms with Crippen LogP contribution in [-0.4, -0.2) is 28.9 Å². The predicted molar refractivity (Wildman–Crippen MR) is 56.4 cm³/mol. The molecule has 0 rings (SSSR count). The molecule has 2 atom stereocenters. The normalized spacial score (nSPS) is 18.2. The van der Waals surface area contributed by atoms with Gasteiger partial charge in [0.15, 0.2) is 0 Å². The molecule has 80 valence electrons. The fourth-order valence-corrected chi connectivity index (χ4v) is 3.62. The Labute approximate surface area is 81.8 Å². The van der Waals surface area contributed by atoms with Crippen LogP contribution >= 0.6 is 0 Å². The van der Waals surface area contributed by atoms with Gasteiger partial charge in [-0.3, -0.25) is 0 Å². The summed E-state index contributed by atoms with van der Waals surface area (Å²) in [7, 11) is -0.313. The quantitative estimate of drug-likeness (QED) is 0.473. The second kappa shape index (κ2) is 6.50. The third kappa shape index (κ3) is 5.38. The maximum absolute atomic E-state index is 5.47. The highest BCUT2D eigenvalue weighted by atomic mass is 28.4. The first kappa shape index (κ1) is 13.1. The molecule has 4 nitrogen and oxygen atoms in total. The molecule has 0 aromatic heterocycles. The number of rotatable bonds is 7. The van der Waals surface area contributed by atoms with Crippen molar-refractivity contribution in [2.24, 2.45) is 17.4 Å². The number of hydrogen-bond donors (Lipinski definition) is 2. The Morgan fingerprint density at radius 3 is 2.38 bits per heavy atom. The van der Waals surface area contributed by atoms with Gasteiger partial charge in [-0.05, 0) is 31.5 Å². The van der Waals surface area contributed by atoms with E-state index in [0.29, 0.717) is 5.92 Å². The van der Waals surface area contributed by atoms with Crippen molar-refractivity contribution in [1.82, 2.24) is 0 Å². The highest BCUT2D eigenvalue weighted by Crippen LogP contribution is 2.20. The van der Waals surface area contributed by atoms with Gasteiger partial charge in [0.25, 0.3) is 0 Å². The van der Waals surface area contributed by atoms with Crippen molar-refractivity contribution in [3.63, 3.8) is 0 Å². The van der Waals surface area contributed by atoms with Gasteiger partial charge in [-0.25, -0.2) is 0 Å². The molecule has 13 heavy (non-hydrogen) atoms. The predicted octanol–water partition coefficient (Wildman–Crippen LogP) is 0.623. The second-order valence-corrected chi connectivity index (χ2v) is 6.91. The van der Waals surface area contributed by atoms with Crippen LogP contribution in [0.4, 0.5) is 0 Å². The summed E-state index contributed by atoms with van der Waals surface area (Å²) < 4.78 is 10.8. The lowest BCUT2D eigenvalue weighted by Crippen LogP contribution is -2.41. The smallest absolute Gasteiger partial charge is 0.335 e. The average molecular weight is 206 g/mol. The molecule has 0 heterocycles. The molecule has 2 unspecified atom stereocenters. The van der Waals surface area contributed by atoms with Gasteiger partial charge in [-0.1, -0.05) is 6.92 Å². The molecule has 0 saturated carbocycles. The molecule has 4 N–H and O–H groups in total. The minimum atomic E-state index is -2.00. The SMILES string of the molecule is CO[Si](C)(CC(C)CCN)OCN. The van der Waals surface area contributed by atoms with Gasteiger partial charge in [-0.15, -0.1) is 0 Å². The number of hydrogen-bond acceptors (Lipinski definition) is 4. The van der Waals surface area contributed by atoms with Gasteiger partial charge < -0.3 is 20.3 Å². The molecule has 0 aromatic rings. The van der Waals surface area contributed by atoms with Crippen LogP contribution in [0.2, 0.25) is 12.6 Å². The van der Waals surface area contributed by atoms with Crippen LogP contribution in [0.15, 0.2) is 0 Å². The minimum absolute atomic E-state index is 0.242. The van der Waals surface area contributed by atoms with E-state index in [1.807, 2.05) is 6.55 Å².